The summed E-state index contributed by atoms with van der Waals surface area (Å²) in [5, 5.41) is 8.67. The Bertz CT molecular complexity index is 317. The van der Waals surface area contributed by atoms with Crippen LogP contribution in [0.15, 0.2) is 18.2 Å². The van der Waals surface area contributed by atoms with Crippen molar-refractivity contribution in [2.75, 3.05) is 12.5 Å². The summed E-state index contributed by atoms with van der Waals surface area (Å²) in [5.41, 5.74) is 3.40. The molecule has 0 spiro atoms. The number of nitrogen functional groups attached to an aromatic ring is 1. The number of para-hydroxylation sites is 1. The van der Waals surface area contributed by atoms with Crippen LogP contribution in [0.2, 0.25) is 0 Å². The number of hydrogen-bond donors (Lipinski definition) is 2. The van der Waals surface area contributed by atoms with E-state index in [9.17, 15) is 0 Å². The van der Waals surface area contributed by atoms with Crippen molar-refractivity contribution >= 4 is 5.69 Å². The van der Waals surface area contributed by atoms with Gasteiger partial charge in [0.05, 0.1) is 12.7 Å². The van der Waals surface area contributed by atoms with Crippen molar-refractivity contribution < 1.29 is 4.74 Å². The molecule has 0 bridgehead atoms. The zero-order chi connectivity index (χ0) is 8.97. The second-order valence-electron chi connectivity index (χ2n) is 2.14. The van der Waals surface area contributed by atoms with Crippen LogP contribution in [0.4, 0.5) is 5.69 Å². The van der Waals surface area contributed by atoms with Gasteiger partial charge in [0.1, 0.15) is 17.5 Å². The number of nitrogens with one attached hydrogen (secondary N) is 1. The highest BCUT2D eigenvalue weighted by Gasteiger charge is 2.05. The van der Waals surface area contributed by atoms with E-state index < -0.39 is 0 Å². The van der Waals surface area contributed by atoms with Crippen molar-refractivity contribution in [3.8, 4) is 11.8 Å². The van der Waals surface area contributed by atoms with Crippen molar-refractivity contribution in [3.63, 3.8) is 0 Å². The molecule has 0 fully saturated rings. The Morgan fingerprint density at radius 3 is 2.83 bits per heavy atom. The molecule has 0 aromatic heterocycles. The molecule has 0 aliphatic heterocycles. The summed E-state index contributed by atoms with van der Waals surface area (Å²) in [7, 11) is 1.53. The number of nitrogens with zero attached hydrogens (tertiary/aromatic N) is 1. The lowest BCUT2D eigenvalue weighted by Crippen LogP contribution is -2.09. The molecular weight excluding hydrogens is 154 g/mol. The van der Waals surface area contributed by atoms with Gasteiger partial charge in [-0.1, -0.05) is 6.07 Å². The van der Waals surface area contributed by atoms with E-state index in [0.717, 1.165) is 0 Å². The number of rotatable bonds is 2. The zero-order valence-electron chi connectivity index (χ0n) is 6.66. The van der Waals surface area contributed by atoms with Gasteiger partial charge in [-0.25, -0.2) is 0 Å². The van der Waals surface area contributed by atoms with Crippen molar-refractivity contribution in [2.24, 2.45) is 5.84 Å². The monoisotopic (exact) mass is 163 g/mol. The average Bonchev–Trinajstić information content (AvgIpc) is 2.16. The smallest absolute Gasteiger partial charge is 0.144 e. The van der Waals surface area contributed by atoms with Crippen LogP contribution in [0.1, 0.15) is 5.56 Å². The Morgan fingerprint density at radius 1 is 1.58 bits per heavy atom. The molecule has 4 heteroatoms. The Hall–Kier alpha value is -1.73. The fourth-order valence-corrected chi connectivity index (χ4v) is 0.943. The number of methoxy groups -OCH3 is 1. The molecule has 1 aromatic rings. The van der Waals surface area contributed by atoms with Crippen molar-refractivity contribution in [1.82, 2.24) is 0 Å². The second-order valence-corrected chi connectivity index (χ2v) is 2.14. The third-order valence-corrected chi connectivity index (χ3v) is 1.51. The molecule has 0 saturated carbocycles. The number of nitriles is 1. The van der Waals surface area contributed by atoms with E-state index in [4.69, 9.17) is 15.8 Å². The van der Waals surface area contributed by atoms with Gasteiger partial charge in [0.25, 0.3) is 0 Å². The van der Waals surface area contributed by atoms with Crippen LogP contribution < -0.4 is 16.0 Å². The van der Waals surface area contributed by atoms with Gasteiger partial charge in [-0.15, -0.1) is 0 Å². The first-order chi connectivity index (χ1) is 5.83. The molecule has 0 aliphatic carbocycles. The fourth-order valence-electron chi connectivity index (χ4n) is 0.943. The molecule has 0 aliphatic rings. The molecule has 0 saturated heterocycles. The summed E-state index contributed by atoms with van der Waals surface area (Å²) >= 11 is 0. The Morgan fingerprint density at radius 2 is 2.33 bits per heavy atom. The van der Waals surface area contributed by atoms with Crippen LogP contribution in [0, 0.1) is 11.3 Å². The van der Waals surface area contributed by atoms with E-state index in [2.05, 4.69) is 5.43 Å². The minimum Gasteiger partial charge on any atom is -0.494 e. The van der Waals surface area contributed by atoms with Gasteiger partial charge in [0, 0.05) is 0 Å². The number of nitrogens with two attached hydrogens (primary N) is 1. The highest BCUT2D eigenvalue weighted by atomic mass is 16.5. The maximum Gasteiger partial charge on any atom is 0.144 e. The molecule has 0 unspecified atom stereocenters. The summed E-state index contributed by atoms with van der Waals surface area (Å²) in [6.07, 6.45) is 0. The summed E-state index contributed by atoms with van der Waals surface area (Å²) < 4.78 is 4.99. The quantitative estimate of drug-likeness (QED) is 0.501. The SMILES string of the molecule is COc1cccc(C#N)c1NN. The van der Waals surface area contributed by atoms with Crippen LogP contribution in [0.5, 0.6) is 5.75 Å². The van der Waals surface area contributed by atoms with Crippen LogP contribution in [0.3, 0.4) is 0 Å². The average molecular weight is 163 g/mol. The predicted octanol–water partition coefficient (Wildman–Crippen LogP) is 0.852. The van der Waals surface area contributed by atoms with Crippen LogP contribution in [-0.4, -0.2) is 7.11 Å². The molecule has 0 amide bonds. The lowest BCUT2D eigenvalue weighted by Gasteiger charge is -2.07. The lowest BCUT2D eigenvalue weighted by atomic mass is 10.2. The summed E-state index contributed by atoms with van der Waals surface area (Å²) in [4.78, 5) is 0. The van der Waals surface area contributed by atoms with Crippen molar-refractivity contribution in [3.05, 3.63) is 23.8 Å². The third-order valence-electron chi connectivity index (χ3n) is 1.51. The minimum atomic E-state index is 0.469. The zero-order valence-corrected chi connectivity index (χ0v) is 6.66. The summed E-state index contributed by atoms with van der Waals surface area (Å²) in [6, 6.07) is 7.13. The predicted molar refractivity (Wildman–Crippen MR) is 45.5 cm³/mol. The Balaban J connectivity index is 3.24. The molecule has 12 heavy (non-hydrogen) atoms. The van der Waals surface area contributed by atoms with Crippen molar-refractivity contribution in [1.29, 1.82) is 5.26 Å². The molecule has 1 rings (SSSR count). The van der Waals surface area contributed by atoms with E-state index >= 15 is 0 Å². The van der Waals surface area contributed by atoms with E-state index in [1.807, 2.05) is 6.07 Å². The molecule has 3 N–H and O–H groups in total. The molecule has 1 aromatic carbocycles. The van der Waals surface area contributed by atoms with E-state index in [-0.39, 0.29) is 0 Å². The minimum absolute atomic E-state index is 0.469. The summed E-state index contributed by atoms with van der Waals surface area (Å²) in [5.74, 6) is 5.79. The lowest BCUT2D eigenvalue weighted by molar-refractivity contribution is 0.416. The first-order valence-corrected chi connectivity index (χ1v) is 3.37. The summed E-state index contributed by atoms with van der Waals surface area (Å²) in [6.45, 7) is 0. The van der Waals surface area contributed by atoms with Crippen molar-refractivity contribution in [2.45, 2.75) is 0 Å². The van der Waals surface area contributed by atoms with Gasteiger partial charge in [0.2, 0.25) is 0 Å². The maximum absolute atomic E-state index is 8.67. The van der Waals surface area contributed by atoms with Gasteiger partial charge >= 0.3 is 0 Å². The van der Waals surface area contributed by atoms with E-state index in [1.54, 1.807) is 18.2 Å². The first-order valence-electron chi connectivity index (χ1n) is 3.37. The highest BCUT2D eigenvalue weighted by Crippen LogP contribution is 2.26. The van der Waals surface area contributed by atoms with Crippen LogP contribution >= 0.6 is 0 Å². The van der Waals surface area contributed by atoms with Gasteiger partial charge in [-0.05, 0) is 12.1 Å². The highest BCUT2D eigenvalue weighted by molar-refractivity contribution is 5.65. The number of ether oxygens (including phenoxy) is 1. The fraction of sp³-hybridized carbons (Fsp3) is 0.125. The van der Waals surface area contributed by atoms with Gasteiger partial charge in [-0.3, -0.25) is 5.84 Å². The topological polar surface area (TPSA) is 71.1 Å². The molecule has 0 radical (unpaired) electrons. The number of hydrogen-bond acceptors (Lipinski definition) is 4. The third kappa shape index (κ3) is 1.31. The Kier molecular flexibility index (Phi) is 2.51. The molecule has 62 valence electrons. The van der Waals surface area contributed by atoms with Gasteiger partial charge < -0.3 is 10.2 Å². The molecule has 0 heterocycles. The first kappa shape index (κ1) is 8.37. The molecule has 4 nitrogen and oxygen atoms in total. The van der Waals surface area contributed by atoms with Crippen LogP contribution in [0.25, 0.3) is 0 Å². The number of hydrazine groups is 1. The number of anilines is 1. The normalized spacial score (nSPS) is 8.75. The second kappa shape index (κ2) is 3.60. The Labute approximate surface area is 70.5 Å². The van der Waals surface area contributed by atoms with Gasteiger partial charge in [-0.2, -0.15) is 5.26 Å². The maximum atomic E-state index is 8.67. The number of benzene rings is 1. The van der Waals surface area contributed by atoms with E-state index in [1.165, 1.54) is 7.11 Å². The standard InChI is InChI=1S/C8H9N3O/c1-12-7-4-2-3-6(5-9)8(7)11-10/h2-4,11H,10H2,1H3. The van der Waals surface area contributed by atoms with Gasteiger partial charge in [0.15, 0.2) is 0 Å². The molecule has 0 atom stereocenters. The van der Waals surface area contributed by atoms with Crippen LogP contribution in [-0.2, 0) is 0 Å². The molecular formula is C8H9N3O. The largest absolute Gasteiger partial charge is 0.494 e. The van der Waals surface area contributed by atoms with E-state index in [0.29, 0.717) is 17.0 Å².